The minimum atomic E-state index is -0.505. The van der Waals surface area contributed by atoms with Crippen LogP contribution in [0.3, 0.4) is 0 Å². The van der Waals surface area contributed by atoms with Crippen molar-refractivity contribution in [2.45, 2.75) is 37.2 Å². The number of nitrogens with one attached hydrogen (secondary N) is 1. The Morgan fingerprint density at radius 1 is 1.14 bits per heavy atom. The minimum Gasteiger partial charge on any atom is -0.497 e. The average molecular weight is 435 g/mol. The van der Waals surface area contributed by atoms with Crippen molar-refractivity contribution in [3.63, 3.8) is 0 Å². The van der Waals surface area contributed by atoms with Crippen LogP contribution in [0.4, 0.5) is 0 Å². The lowest BCUT2D eigenvalue weighted by atomic mass is 10.1. The van der Waals surface area contributed by atoms with Crippen molar-refractivity contribution in [3.8, 4) is 5.75 Å². The number of carbonyl (C=O) groups excluding carboxylic acids is 2. The molecule has 0 saturated heterocycles. The van der Waals surface area contributed by atoms with Gasteiger partial charge in [-0.05, 0) is 48.4 Å². The molecule has 1 N–H and O–H groups in total. The van der Waals surface area contributed by atoms with Crippen LogP contribution in [0.1, 0.15) is 25.3 Å². The van der Waals surface area contributed by atoms with Gasteiger partial charge in [0.1, 0.15) is 11.8 Å². The van der Waals surface area contributed by atoms with E-state index in [-0.39, 0.29) is 11.8 Å². The van der Waals surface area contributed by atoms with E-state index in [0.717, 1.165) is 16.2 Å². The van der Waals surface area contributed by atoms with Crippen LogP contribution in [-0.2, 0) is 16.1 Å². The zero-order valence-corrected chi connectivity index (χ0v) is 18.6. The highest BCUT2D eigenvalue weighted by Crippen LogP contribution is 2.22. The molecule has 0 aliphatic carbocycles. The lowest BCUT2D eigenvalue weighted by molar-refractivity contribution is -0.140. The Bertz CT molecular complexity index is 797. The van der Waals surface area contributed by atoms with Crippen molar-refractivity contribution in [1.29, 1.82) is 0 Å². The molecule has 0 heterocycles. The summed E-state index contributed by atoms with van der Waals surface area (Å²) in [6, 6.07) is 14.6. The molecule has 0 radical (unpaired) electrons. The topological polar surface area (TPSA) is 58.6 Å². The number of rotatable bonds is 10. The van der Waals surface area contributed by atoms with E-state index in [1.54, 1.807) is 30.8 Å². The fourth-order valence-corrected chi connectivity index (χ4v) is 3.91. The Hall–Kier alpha value is -2.18. The van der Waals surface area contributed by atoms with E-state index in [4.69, 9.17) is 16.3 Å². The predicted molar refractivity (Wildman–Crippen MR) is 118 cm³/mol. The van der Waals surface area contributed by atoms with Gasteiger partial charge in [-0.15, -0.1) is 11.8 Å². The molecule has 0 aromatic heterocycles. The summed E-state index contributed by atoms with van der Waals surface area (Å²) in [6.45, 7) is 2.29. The highest BCUT2D eigenvalue weighted by atomic mass is 35.5. The number of thioether (sulfide) groups is 1. The molecule has 2 rings (SSSR count). The van der Waals surface area contributed by atoms with Gasteiger partial charge in [-0.25, -0.2) is 0 Å². The minimum absolute atomic E-state index is 0.0438. The van der Waals surface area contributed by atoms with Crippen molar-refractivity contribution in [3.05, 3.63) is 59.1 Å². The summed E-state index contributed by atoms with van der Waals surface area (Å²) in [5, 5.41) is 3.36. The number of nitrogens with zero attached hydrogens (tertiary/aromatic N) is 1. The molecule has 0 aliphatic rings. The van der Waals surface area contributed by atoms with Gasteiger partial charge >= 0.3 is 0 Å². The second-order valence-electron chi connectivity index (χ2n) is 6.46. The van der Waals surface area contributed by atoms with E-state index in [2.05, 4.69) is 5.32 Å². The lowest BCUT2D eigenvalue weighted by Gasteiger charge is -2.30. The molecule has 2 aromatic carbocycles. The number of likely N-dealkylation sites (N-methyl/N-ethyl adjacent to an activating group) is 1. The number of hydrogen-bond acceptors (Lipinski definition) is 4. The van der Waals surface area contributed by atoms with Gasteiger partial charge in [-0.2, -0.15) is 0 Å². The van der Waals surface area contributed by atoms with E-state index >= 15 is 0 Å². The van der Waals surface area contributed by atoms with E-state index in [0.29, 0.717) is 30.2 Å². The van der Waals surface area contributed by atoms with Gasteiger partial charge in [0.25, 0.3) is 0 Å². The Balaban J connectivity index is 2.08. The summed E-state index contributed by atoms with van der Waals surface area (Å²) >= 11 is 7.51. The SMILES string of the molecule is CC[C@H](C(=O)NC)N(Cc1ccc(OC)cc1)C(=O)CCSc1ccc(Cl)cc1. The second-order valence-corrected chi connectivity index (χ2v) is 8.07. The third kappa shape index (κ3) is 6.98. The molecule has 7 heteroatoms. The first kappa shape index (κ1) is 23.1. The van der Waals surface area contributed by atoms with Crippen LogP contribution in [0.15, 0.2) is 53.4 Å². The molecule has 0 saturated carbocycles. The molecule has 0 aliphatic heterocycles. The van der Waals surface area contributed by atoms with E-state index in [9.17, 15) is 9.59 Å². The first-order chi connectivity index (χ1) is 14.0. The summed E-state index contributed by atoms with van der Waals surface area (Å²) in [6.07, 6.45) is 0.892. The highest BCUT2D eigenvalue weighted by Gasteiger charge is 2.27. The average Bonchev–Trinajstić information content (AvgIpc) is 2.75. The van der Waals surface area contributed by atoms with Gasteiger partial charge < -0.3 is 15.0 Å². The molecule has 156 valence electrons. The van der Waals surface area contributed by atoms with Gasteiger partial charge in [-0.1, -0.05) is 30.7 Å². The number of ether oxygens (including phenoxy) is 1. The molecule has 2 amide bonds. The number of halogens is 1. The smallest absolute Gasteiger partial charge is 0.242 e. The first-order valence-corrected chi connectivity index (χ1v) is 10.9. The van der Waals surface area contributed by atoms with Gasteiger partial charge in [0.2, 0.25) is 11.8 Å². The van der Waals surface area contributed by atoms with Crippen LogP contribution in [0.5, 0.6) is 5.75 Å². The Labute approximate surface area is 181 Å². The molecule has 0 unspecified atom stereocenters. The highest BCUT2D eigenvalue weighted by molar-refractivity contribution is 7.99. The monoisotopic (exact) mass is 434 g/mol. The summed E-state index contributed by atoms with van der Waals surface area (Å²) in [5.74, 6) is 1.19. The van der Waals surface area contributed by atoms with Crippen LogP contribution in [0.25, 0.3) is 0 Å². The maximum atomic E-state index is 13.0. The normalized spacial score (nSPS) is 11.6. The quantitative estimate of drug-likeness (QED) is 0.563. The fraction of sp³-hybridized carbons (Fsp3) is 0.364. The Kier molecular flexibility index (Phi) is 9.35. The zero-order valence-electron chi connectivity index (χ0n) is 17.0. The van der Waals surface area contributed by atoms with Crippen LogP contribution >= 0.6 is 23.4 Å². The molecule has 0 spiro atoms. The van der Waals surface area contributed by atoms with E-state index < -0.39 is 6.04 Å². The molecule has 0 bridgehead atoms. The van der Waals surface area contributed by atoms with Crippen LogP contribution < -0.4 is 10.1 Å². The number of carbonyl (C=O) groups is 2. The summed E-state index contributed by atoms with van der Waals surface area (Å²) in [7, 11) is 3.21. The zero-order chi connectivity index (χ0) is 21.2. The third-order valence-corrected chi connectivity index (χ3v) is 5.81. The third-order valence-electron chi connectivity index (χ3n) is 4.54. The summed E-state index contributed by atoms with van der Waals surface area (Å²) in [4.78, 5) is 28.1. The summed E-state index contributed by atoms with van der Waals surface area (Å²) < 4.78 is 5.19. The second kappa shape index (κ2) is 11.7. The molecule has 29 heavy (non-hydrogen) atoms. The van der Waals surface area contributed by atoms with Gasteiger partial charge in [0.15, 0.2) is 0 Å². The van der Waals surface area contributed by atoms with Gasteiger partial charge in [0, 0.05) is 35.7 Å². The van der Waals surface area contributed by atoms with Crippen molar-refractivity contribution in [2.24, 2.45) is 0 Å². The Morgan fingerprint density at radius 2 is 1.79 bits per heavy atom. The van der Waals surface area contributed by atoms with Crippen LogP contribution in [-0.4, -0.2) is 42.7 Å². The maximum absolute atomic E-state index is 13.0. The van der Waals surface area contributed by atoms with Crippen LogP contribution in [0.2, 0.25) is 5.02 Å². The maximum Gasteiger partial charge on any atom is 0.242 e. The number of hydrogen-bond donors (Lipinski definition) is 1. The summed E-state index contributed by atoms with van der Waals surface area (Å²) in [5.41, 5.74) is 0.951. The number of amides is 2. The van der Waals surface area contributed by atoms with Crippen molar-refractivity contribution in [1.82, 2.24) is 10.2 Å². The van der Waals surface area contributed by atoms with E-state index in [1.807, 2.05) is 55.5 Å². The molecular formula is C22H27ClN2O3S. The fourth-order valence-electron chi connectivity index (χ4n) is 2.94. The number of benzene rings is 2. The van der Waals surface area contributed by atoms with Crippen molar-refractivity contribution in [2.75, 3.05) is 19.9 Å². The standard InChI is InChI=1S/C22H27ClN2O3S/c1-4-20(22(27)24-2)25(15-16-5-9-18(28-3)10-6-16)21(26)13-14-29-19-11-7-17(23)8-12-19/h5-12,20H,4,13-15H2,1-3H3,(H,24,27)/t20-/m1/s1. The number of methoxy groups -OCH3 is 1. The lowest BCUT2D eigenvalue weighted by Crippen LogP contribution is -2.48. The molecule has 1 atom stereocenters. The van der Waals surface area contributed by atoms with Gasteiger partial charge in [0.05, 0.1) is 7.11 Å². The molecule has 0 fully saturated rings. The van der Waals surface area contributed by atoms with Crippen molar-refractivity contribution < 1.29 is 14.3 Å². The predicted octanol–water partition coefficient (Wildman–Crippen LogP) is 4.38. The largest absolute Gasteiger partial charge is 0.497 e. The van der Waals surface area contributed by atoms with Crippen molar-refractivity contribution >= 4 is 35.2 Å². The Morgan fingerprint density at radius 3 is 2.34 bits per heavy atom. The molecule has 5 nitrogen and oxygen atoms in total. The molecular weight excluding hydrogens is 408 g/mol. The molecule has 2 aromatic rings. The van der Waals surface area contributed by atoms with Crippen LogP contribution in [0, 0.1) is 0 Å². The van der Waals surface area contributed by atoms with Gasteiger partial charge in [-0.3, -0.25) is 9.59 Å². The van der Waals surface area contributed by atoms with E-state index in [1.165, 1.54) is 0 Å². The first-order valence-electron chi connectivity index (χ1n) is 9.50.